The van der Waals surface area contributed by atoms with Crippen LogP contribution in [0, 0.1) is 11.6 Å². The van der Waals surface area contributed by atoms with Crippen LogP contribution in [-0.4, -0.2) is 16.6 Å². The molecule has 0 spiro atoms. The molecule has 2 aromatic rings. The smallest absolute Gasteiger partial charge is 0.133 e. The predicted molar refractivity (Wildman–Crippen MR) is 75.1 cm³/mol. The Balaban J connectivity index is 2.42. The van der Waals surface area contributed by atoms with Gasteiger partial charge in [-0.25, -0.2) is 8.78 Å². The van der Waals surface area contributed by atoms with Crippen molar-refractivity contribution in [2.75, 3.05) is 6.54 Å². The van der Waals surface area contributed by atoms with Gasteiger partial charge in [0, 0.05) is 29.3 Å². The van der Waals surface area contributed by atoms with E-state index in [1.165, 1.54) is 0 Å². The molecule has 0 amide bonds. The molecule has 0 saturated heterocycles. The van der Waals surface area contributed by atoms with Gasteiger partial charge < -0.3 is 10.8 Å². The lowest BCUT2D eigenvalue weighted by Gasteiger charge is -2.23. The van der Waals surface area contributed by atoms with Gasteiger partial charge in [-0.1, -0.05) is 15.9 Å². The molecule has 1 aromatic heterocycles. The van der Waals surface area contributed by atoms with E-state index in [1.807, 2.05) is 0 Å². The monoisotopic (exact) mass is 342 g/mol. The summed E-state index contributed by atoms with van der Waals surface area (Å²) >= 11 is 3.00. The number of hydrogen-bond donors (Lipinski definition) is 2. The molecule has 0 aliphatic heterocycles. The highest BCUT2D eigenvalue weighted by molar-refractivity contribution is 9.10. The summed E-state index contributed by atoms with van der Waals surface area (Å²) in [5, 5.41) is 10.3. The molecule has 0 bridgehead atoms. The fourth-order valence-corrected chi connectivity index (χ4v) is 2.50. The first kappa shape index (κ1) is 15.0. The topological polar surface area (TPSA) is 59.1 Å². The van der Waals surface area contributed by atoms with Crippen LogP contribution in [0.3, 0.4) is 0 Å². The first-order valence-corrected chi connectivity index (χ1v) is 6.76. The zero-order chi connectivity index (χ0) is 14.7. The van der Waals surface area contributed by atoms with E-state index in [2.05, 4.69) is 20.9 Å². The number of nitrogens with zero attached hydrogens (tertiary/aromatic N) is 1. The molecule has 2 atom stereocenters. The van der Waals surface area contributed by atoms with Gasteiger partial charge in [-0.15, -0.1) is 0 Å². The molecular formula is C14H13BrF2N2O. The zero-order valence-corrected chi connectivity index (χ0v) is 12.0. The molecule has 6 heteroatoms. The second-order valence-corrected chi connectivity index (χ2v) is 5.27. The Labute approximate surface area is 123 Å². The summed E-state index contributed by atoms with van der Waals surface area (Å²) < 4.78 is 28.1. The third-order valence-electron chi connectivity index (χ3n) is 3.11. The predicted octanol–water partition coefficient (Wildman–Crippen LogP) is 2.90. The fourth-order valence-electron chi connectivity index (χ4n) is 2.10. The SMILES string of the molecule is NCC(c1ccncc1)C(O)c1c(F)cc(Br)cc1F. The van der Waals surface area contributed by atoms with Gasteiger partial charge in [0.2, 0.25) is 0 Å². The third kappa shape index (κ3) is 3.03. The molecule has 3 nitrogen and oxygen atoms in total. The molecule has 3 N–H and O–H groups in total. The number of hydrogen-bond acceptors (Lipinski definition) is 3. The second-order valence-electron chi connectivity index (χ2n) is 4.35. The highest BCUT2D eigenvalue weighted by Gasteiger charge is 2.27. The minimum atomic E-state index is -1.37. The number of pyridine rings is 1. The van der Waals surface area contributed by atoms with Crippen LogP contribution in [0.4, 0.5) is 8.78 Å². The molecule has 1 aromatic carbocycles. The summed E-state index contributed by atoms with van der Waals surface area (Å²) in [4.78, 5) is 3.86. The molecule has 1 heterocycles. The van der Waals surface area contributed by atoms with Crippen LogP contribution in [0.1, 0.15) is 23.1 Å². The van der Waals surface area contributed by atoms with Gasteiger partial charge in [0.1, 0.15) is 11.6 Å². The number of aliphatic hydroxyl groups is 1. The number of benzene rings is 1. The Bertz CT molecular complexity index is 572. The van der Waals surface area contributed by atoms with Crippen LogP contribution in [0.15, 0.2) is 41.1 Å². The first-order valence-electron chi connectivity index (χ1n) is 5.97. The molecule has 0 aliphatic rings. The van der Waals surface area contributed by atoms with Gasteiger partial charge in [0.15, 0.2) is 0 Å². The molecule has 0 radical (unpaired) electrons. The highest BCUT2D eigenvalue weighted by Crippen LogP contribution is 2.34. The third-order valence-corrected chi connectivity index (χ3v) is 3.57. The Hall–Kier alpha value is -1.37. The normalized spacial score (nSPS) is 14.1. The summed E-state index contributed by atoms with van der Waals surface area (Å²) in [5.41, 5.74) is 5.94. The Morgan fingerprint density at radius 2 is 1.75 bits per heavy atom. The minimum Gasteiger partial charge on any atom is -0.388 e. The Kier molecular flexibility index (Phi) is 4.80. The number of aliphatic hydroxyl groups excluding tert-OH is 1. The van der Waals surface area contributed by atoms with Gasteiger partial charge in [-0.05, 0) is 29.8 Å². The molecular weight excluding hydrogens is 330 g/mol. The average molecular weight is 343 g/mol. The van der Waals surface area contributed by atoms with E-state index < -0.39 is 23.7 Å². The molecule has 0 saturated carbocycles. The van der Waals surface area contributed by atoms with Crippen molar-refractivity contribution in [3.8, 4) is 0 Å². The molecule has 106 valence electrons. The molecule has 0 aliphatic carbocycles. The molecule has 2 unspecified atom stereocenters. The maximum absolute atomic E-state index is 13.9. The highest BCUT2D eigenvalue weighted by atomic mass is 79.9. The van der Waals surface area contributed by atoms with Crippen LogP contribution in [0.25, 0.3) is 0 Å². The van der Waals surface area contributed by atoms with Gasteiger partial charge in [0.05, 0.1) is 11.7 Å². The molecule has 0 fully saturated rings. The van der Waals surface area contributed by atoms with Crippen LogP contribution >= 0.6 is 15.9 Å². The van der Waals surface area contributed by atoms with Gasteiger partial charge in [-0.2, -0.15) is 0 Å². The van der Waals surface area contributed by atoms with E-state index in [0.29, 0.717) is 5.56 Å². The fraction of sp³-hybridized carbons (Fsp3) is 0.214. The standard InChI is InChI=1S/C14H13BrF2N2O/c15-9-5-11(16)13(12(17)6-9)14(20)10(7-18)8-1-3-19-4-2-8/h1-6,10,14,20H,7,18H2. The number of nitrogens with two attached hydrogens (primary N) is 1. The summed E-state index contributed by atoms with van der Waals surface area (Å²) in [6.45, 7) is 0.0557. The first-order chi connectivity index (χ1) is 9.54. The van der Waals surface area contributed by atoms with E-state index in [-0.39, 0.29) is 16.6 Å². The van der Waals surface area contributed by atoms with Crippen molar-refractivity contribution in [1.82, 2.24) is 4.98 Å². The molecule has 20 heavy (non-hydrogen) atoms. The Morgan fingerprint density at radius 1 is 1.20 bits per heavy atom. The van der Waals surface area contributed by atoms with Crippen molar-refractivity contribution in [1.29, 1.82) is 0 Å². The lowest BCUT2D eigenvalue weighted by Crippen LogP contribution is -2.22. The zero-order valence-electron chi connectivity index (χ0n) is 10.4. The molecule has 2 rings (SSSR count). The number of aromatic nitrogens is 1. The van der Waals surface area contributed by atoms with Crippen LogP contribution in [-0.2, 0) is 0 Å². The lowest BCUT2D eigenvalue weighted by atomic mass is 9.89. The average Bonchev–Trinajstić information content (AvgIpc) is 2.39. The Morgan fingerprint density at radius 3 is 2.25 bits per heavy atom. The maximum Gasteiger partial charge on any atom is 0.133 e. The van der Waals surface area contributed by atoms with Gasteiger partial charge >= 0.3 is 0 Å². The van der Waals surface area contributed by atoms with E-state index >= 15 is 0 Å². The lowest BCUT2D eigenvalue weighted by molar-refractivity contribution is 0.138. The summed E-state index contributed by atoms with van der Waals surface area (Å²) in [6.07, 6.45) is 1.72. The second kappa shape index (κ2) is 6.39. The van der Waals surface area contributed by atoms with Crippen molar-refractivity contribution < 1.29 is 13.9 Å². The number of rotatable bonds is 4. The van der Waals surface area contributed by atoms with Crippen molar-refractivity contribution in [2.45, 2.75) is 12.0 Å². The van der Waals surface area contributed by atoms with Crippen molar-refractivity contribution in [2.24, 2.45) is 5.73 Å². The van der Waals surface area contributed by atoms with Crippen molar-refractivity contribution in [3.05, 3.63) is 63.9 Å². The van der Waals surface area contributed by atoms with Crippen LogP contribution < -0.4 is 5.73 Å². The van der Waals surface area contributed by atoms with E-state index in [9.17, 15) is 13.9 Å². The minimum absolute atomic E-state index is 0.0557. The number of halogens is 3. The van der Waals surface area contributed by atoms with Gasteiger partial charge in [0.25, 0.3) is 0 Å². The van der Waals surface area contributed by atoms with Crippen LogP contribution in [0.2, 0.25) is 0 Å². The van der Waals surface area contributed by atoms with Crippen LogP contribution in [0.5, 0.6) is 0 Å². The largest absolute Gasteiger partial charge is 0.388 e. The quantitative estimate of drug-likeness (QED) is 0.898. The summed E-state index contributed by atoms with van der Waals surface area (Å²) in [6, 6.07) is 5.55. The van der Waals surface area contributed by atoms with E-state index in [0.717, 1.165) is 12.1 Å². The maximum atomic E-state index is 13.9. The summed E-state index contributed by atoms with van der Waals surface area (Å²) in [5.74, 6) is -2.23. The van der Waals surface area contributed by atoms with E-state index in [1.54, 1.807) is 24.5 Å². The van der Waals surface area contributed by atoms with Gasteiger partial charge in [-0.3, -0.25) is 4.98 Å². The van der Waals surface area contributed by atoms with E-state index in [4.69, 9.17) is 5.73 Å². The summed E-state index contributed by atoms with van der Waals surface area (Å²) in [7, 11) is 0. The van der Waals surface area contributed by atoms with Crippen molar-refractivity contribution >= 4 is 15.9 Å². The van der Waals surface area contributed by atoms with Crippen molar-refractivity contribution in [3.63, 3.8) is 0 Å².